The number of alkyl halides is 2. The van der Waals surface area contributed by atoms with Crippen LogP contribution in [0.4, 0.5) is 8.78 Å². The lowest BCUT2D eigenvalue weighted by Crippen LogP contribution is -2.34. The first kappa shape index (κ1) is 24.6. The Morgan fingerprint density at radius 1 is 1.42 bits per heavy atom. The van der Waals surface area contributed by atoms with Gasteiger partial charge >= 0.3 is 0 Å². The fourth-order valence-electron chi connectivity index (χ4n) is 1.35. The van der Waals surface area contributed by atoms with Gasteiger partial charge in [0, 0.05) is 11.4 Å². The monoisotopic (exact) mass is 406 g/mol. The molecule has 0 fully saturated rings. The van der Waals surface area contributed by atoms with E-state index in [-0.39, 0.29) is 11.3 Å². The second-order valence-corrected chi connectivity index (χ2v) is 5.51. The van der Waals surface area contributed by atoms with E-state index in [9.17, 15) is 13.6 Å². The first-order chi connectivity index (χ1) is 11.2. The number of hydrogen-bond acceptors (Lipinski definition) is 3. The van der Waals surface area contributed by atoms with Crippen LogP contribution in [-0.4, -0.2) is 12.0 Å². The molecule has 0 saturated heterocycles. The van der Waals surface area contributed by atoms with Crippen LogP contribution in [0.1, 0.15) is 53.5 Å². The quantitative estimate of drug-likeness (QED) is 0.539. The first-order valence-corrected chi connectivity index (χ1v) is 8.50. The van der Waals surface area contributed by atoms with Gasteiger partial charge in [-0.15, -0.1) is 0 Å². The Labute approximate surface area is 151 Å². The van der Waals surface area contributed by atoms with Crippen molar-refractivity contribution in [2.45, 2.75) is 60.0 Å². The molecule has 0 unspecified atom stereocenters. The van der Waals surface area contributed by atoms with Crippen molar-refractivity contribution in [2.75, 3.05) is 0 Å². The van der Waals surface area contributed by atoms with E-state index in [1.165, 1.54) is 37.7 Å². The van der Waals surface area contributed by atoms with Crippen molar-refractivity contribution in [2.24, 2.45) is 0 Å². The van der Waals surface area contributed by atoms with Gasteiger partial charge in [-0.2, -0.15) is 5.26 Å². The third kappa shape index (κ3) is 9.46. The molecule has 1 N–H and O–H groups in total. The minimum Gasteiger partial charge on any atom is -0.480 e. The summed E-state index contributed by atoms with van der Waals surface area (Å²) >= 11 is 3.10. The van der Waals surface area contributed by atoms with E-state index in [0.29, 0.717) is 4.47 Å². The van der Waals surface area contributed by atoms with Crippen LogP contribution in [0.25, 0.3) is 0 Å². The number of amides is 1. The first-order valence-electron chi connectivity index (χ1n) is 7.70. The Balaban J connectivity index is 0. The fraction of sp³-hybridized carbons (Fsp3) is 0.529. The second kappa shape index (κ2) is 12.7. The van der Waals surface area contributed by atoms with Crippen LogP contribution >= 0.6 is 15.9 Å². The summed E-state index contributed by atoms with van der Waals surface area (Å²) in [6.07, 6.45) is 1.65. The van der Waals surface area contributed by atoms with Gasteiger partial charge in [0.2, 0.25) is 0 Å². The maximum Gasteiger partial charge on any atom is 0.274 e. The maximum absolute atomic E-state index is 13.4. The van der Waals surface area contributed by atoms with Crippen LogP contribution in [0.15, 0.2) is 22.7 Å². The van der Waals surface area contributed by atoms with Crippen LogP contribution in [0, 0.1) is 11.5 Å². The number of halogens is 3. The minimum absolute atomic E-state index is 0.101. The van der Waals surface area contributed by atoms with Gasteiger partial charge in [0.05, 0.1) is 5.56 Å². The number of carbonyl (C=O) groups excluding carboxylic acids is 1. The summed E-state index contributed by atoms with van der Waals surface area (Å²) < 4.78 is 32.5. The van der Waals surface area contributed by atoms with E-state index >= 15 is 0 Å². The molecule has 1 rings (SSSR count). The van der Waals surface area contributed by atoms with Crippen molar-refractivity contribution in [3.05, 3.63) is 28.2 Å². The van der Waals surface area contributed by atoms with Crippen LogP contribution in [0.5, 0.6) is 5.75 Å². The summed E-state index contributed by atoms with van der Waals surface area (Å²) in [7, 11) is 0. The topological polar surface area (TPSA) is 62.1 Å². The van der Waals surface area contributed by atoms with E-state index in [0.717, 1.165) is 6.92 Å². The van der Waals surface area contributed by atoms with Crippen LogP contribution < -0.4 is 10.1 Å². The van der Waals surface area contributed by atoms with Gasteiger partial charge in [0.25, 0.3) is 11.8 Å². The number of ether oxygens (including phenoxy) is 1. The molecule has 7 heteroatoms. The summed E-state index contributed by atoms with van der Waals surface area (Å²) in [5, 5.41) is 10.2. The van der Waals surface area contributed by atoms with Crippen molar-refractivity contribution in [3.8, 4) is 11.9 Å². The van der Waals surface area contributed by atoms with Crippen molar-refractivity contribution in [1.82, 2.24) is 5.32 Å². The Bertz CT molecular complexity index is 540. The average Bonchev–Trinajstić information content (AvgIpc) is 2.51. The highest BCUT2D eigenvalue weighted by Gasteiger charge is 2.30. The van der Waals surface area contributed by atoms with E-state index in [1.807, 2.05) is 19.2 Å². The molecule has 136 valence electrons. The molecular weight excluding hydrogens is 382 g/mol. The lowest BCUT2D eigenvalue weighted by atomic mass is 10.1. The number of benzene rings is 1. The van der Waals surface area contributed by atoms with Gasteiger partial charge in [0.1, 0.15) is 5.75 Å². The zero-order valence-corrected chi connectivity index (χ0v) is 16.5. The van der Waals surface area contributed by atoms with E-state index in [4.69, 9.17) is 10.00 Å². The maximum atomic E-state index is 13.4. The zero-order chi connectivity index (χ0) is 19.3. The molecule has 1 amide bonds. The minimum atomic E-state index is -3.11. The summed E-state index contributed by atoms with van der Waals surface area (Å²) in [4.78, 5) is 11.3. The number of nitrogens with zero attached hydrogens (tertiary/aromatic N) is 1. The molecule has 0 aromatic heterocycles. The summed E-state index contributed by atoms with van der Waals surface area (Å²) in [6.45, 7) is 10.4. The normalized spacial score (nSPS) is 10.8. The van der Waals surface area contributed by atoms with Gasteiger partial charge in [-0.1, -0.05) is 50.0 Å². The van der Waals surface area contributed by atoms with Gasteiger partial charge in [-0.25, -0.2) is 8.78 Å². The van der Waals surface area contributed by atoms with E-state index < -0.39 is 17.9 Å². The van der Waals surface area contributed by atoms with Crippen LogP contribution in [-0.2, 0) is 10.7 Å². The molecule has 0 aliphatic heterocycles. The molecule has 1 aromatic rings. The molecular formula is C17H25BrF2N2O2. The Morgan fingerprint density at radius 2 is 1.92 bits per heavy atom. The molecule has 4 nitrogen and oxygen atoms in total. The largest absolute Gasteiger partial charge is 0.480 e. The lowest BCUT2D eigenvalue weighted by Gasteiger charge is -2.19. The van der Waals surface area contributed by atoms with Crippen LogP contribution in [0.3, 0.4) is 0 Å². The number of hydrogen-bond donors (Lipinski definition) is 1. The van der Waals surface area contributed by atoms with Gasteiger partial charge < -0.3 is 4.74 Å². The predicted molar refractivity (Wildman–Crippen MR) is 94.9 cm³/mol. The molecule has 1 aromatic carbocycles. The smallest absolute Gasteiger partial charge is 0.274 e. The third-order valence-electron chi connectivity index (χ3n) is 2.27. The Hall–Kier alpha value is -1.68. The average molecular weight is 407 g/mol. The predicted octanol–water partition coefficient (Wildman–Crippen LogP) is 5.37. The van der Waals surface area contributed by atoms with Crippen LogP contribution in [0.2, 0.25) is 0 Å². The zero-order valence-electron chi connectivity index (χ0n) is 14.9. The molecule has 0 radical (unpaired) electrons. The highest BCUT2D eigenvalue weighted by Crippen LogP contribution is 2.36. The molecule has 0 heterocycles. The highest BCUT2D eigenvalue weighted by molar-refractivity contribution is 9.10. The SMILES string of the molecule is CC.CCC.C[C@H](Oc1ccc(Br)cc1C(C)(F)F)C(=O)NC#N. The van der Waals surface area contributed by atoms with Crippen molar-refractivity contribution >= 4 is 21.8 Å². The molecule has 24 heavy (non-hydrogen) atoms. The molecule has 0 aliphatic carbocycles. The highest BCUT2D eigenvalue weighted by atomic mass is 79.9. The van der Waals surface area contributed by atoms with Crippen molar-refractivity contribution in [1.29, 1.82) is 5.26 Å². The fourth-order valence-corrected chi connectivity index (χ4v) is 1.71. The molecule has 0 bridgehead atoms. The molecule has 0 aliphatic rings. The third-order valence-corrected chi connectivity index (χ3v) is 2.76. The van der Waals surface area contributed by atoms with Gasteiger partial charge in [-0.05, 0) is 25.1 Å². The summed E-state index contributed by atoms with van der Waals surface area (Å²) in [6, 6.07) is 4.09. The molecule has 0 saturated carbocycles. The molecule has 1 atom stereocenters. The Morgan fingerprint density at radius 3 is 2.33 bits per heavy atom. The summed E-state index contributed by atoms with van der Waals surface area (Å²) in [5.41, 5.74) is -0.335. The second-order valence-electron chi connectivity index (χ2n) is 4.60. The van der Waals surface area contributed by atoms with Crippen molar-refractivity contribution in [3.63, 3.8) is 0 Å². The van der Waals surface area contributed by atoms with Crippen molar-refractivity contribution < 1.29 is 18.3 Å². The standard InChI is InChI=1S/C12H11BrF2N2O2.C3H8.C2H6/c1-7(11(18)17-6-16)19-10-4-3-8(13)5-9(10)12(2,14)15;1-3-2;1-2/h3-5,7H,1-2H3,(H,17,18);3H2,1-2H3;1-2H3/t7-;;/m0../s1. The number of nitriles is 1. The van der Waals surface area contributed by atoms with E-state index in [1.54, 1.807) is 0 Å². The molecule has 0 spiro atoms. The van der Waals surface area contributed by atoms with Gasteiger partial charge in [-0.3, -0.25) is 10.1 Å². The number of nitrogens with one attached hydrogen (secondary N) is 1. The lowest BCUT2D eigenvalue weighted by molar-refractivity contribution is -0.126. The summed E-state index contributed by atoms with van der Waals surface area (Å²) in [5.74, 6) is -3.91. The number of carbonyl (C=O) groups is 1. The number of rotatable bonds is 4. The van der Waals surface area contributed by atoms with E-state index in [2.05, 4.69) is 29.8 Å². The van der Waals surface area contributed by atoms with Gasteiger partial charge in [0.15, 0.2) is 12.3 Å². The Kier molecular flexibility index (Phi) is 13.0.